The van der Waals surface area contributed by atoms with Crippen LogP contribution in [0.3, 0.4) is 0 Å². The van der Waals surface area contributed by atoms with Gasteiger partial charge in [0.15, 0.2) is 0 Å². The molecule has 0 bridgehead atoms. The van der Waals surface area contributed by atoms with Crippen molar-refractivity contribution in [1.29, 1.82) is 0 Å². The van der Waals surface area contributed by atoms with Gasteiger partial charge in [0.05, 0.1) is 0 Å². The van der Waals surface area contributed by atoms with Crippen LogP contribution in [0.1, 0.15) is 46.0 Å². The average molecular weight is 238 g/mol. The topological polar surface area (TPSA) is 46.3 Å². The fourth-order valence-corrected chi connectivity index (χ4v) is 3.10. The number of hydrogen-bond acceptors (Lipinski definition) is 2. The summed E-state index contributed by atoms with van der Waals surface area (Å²) in [4.78, 5) is 14.3. The van der Waals surface area contributed by atoms with Gasteiger partial charge in [-0.25, -0.2) is 0 Å². The molecule has 1 aliphatic heterocycles. The molecule has 1 heterocycles. The lowest BCUT2D eigenvalue weighted by atomic mass is 9.84. The Hall–Kier alpha value is -0.570. The largest absolute Gasteiger partial charge is 0.342 e. The van der Waals surface area contributed by atoms with E-state index in [1.807, 2.05) is 0 Å². The van der Waals surface area contributed by atoms with E-state index in [4.69, 9.17) is 5.73 Å². The van der Waals surface area contributed by atoms with Gasteiger partial charge in [0.25, 0.3) is 0 Å². The summed E-state index contributed by atoms with van der Waals surface area (Å²) in [7, 11) is 0. The van der Waals surface area contributed by atoms with Crippen molar-refractivity contribution >= 4 is 5.91 Å². The Morgan fingerprint density at radius 1 is 1.12 bits per heavy atom. The molecule has 2 atom stereocenters. The predicted octanol–water partition coefficient (Wildman–Crippen LogP) is 2.01. The number of likely N-dealkylation sites (tertiary alicyclic amines) is 1. The smallest absolute Gasteiger partial charge is 0.222 e. The zero-order valence-corrected chi connectivity index (χ0v) is 11.2. The number of hydrogen-bond donors (Lipinski definition) is 1. The highest BCUT2D eigenvalue weighted by Gasteiger charge is 2.30. The zero-order chi connectivity index (χ0) is 12.4. The summed E-state index contributed by atoms with van der Waals surface area (Å²) in [5.74, 6) is 2.30. The van der Waals surface area contributed by atoms with E-state index in [1.165, 1.54) is 0 Å². The minimum absolute atomic E-state index is 0.377. The molecule has 3 heteroatoms. The van der Waals surface area contributed by atoms with Crippen molar-refractivity contribution in [3.05, 3.63) is 0 Å². The Balaban J connectivity index is 1.78. The molecule has 98 valence electrons. The highest BCUT2D eigenvalue weighted by molar-refractivity contribution is 5.76. The Morgan fingerprint density at radius 2 is 1.65 bits per heavy atom. The Labute approximate surface area is 105 Å². The van der Waals surface area contributed by atoms with Crippen LogP contribution in [0.25, 0.3) is 0 Å². The lowest BCUT2D eigenvalue weighted by molar-refractivity contribution is -0.131. The second kappa shape index (κ2) is 5.38. The van der Waals surface area contributed by atoms with E-state index in [9.17, 15) is 4.79 Å². The van der Waals surface area contributed by atoms with Gasteiger partial charge in [-0.3, -0.25) is 4.79 Å². The third kappa shape index (κ3) is 3.21. The molecule has 2 fully saturated rings. The van der Waals surface area contributed by atoms with Crippen molar-refractivity contribution in [2.75, 3.05) is 13.1 Å². The van der Waals surface area contributed by atoms with Gasteiger partial charge in [0.1, 0.15) is 0 Å². The molecule has 2 N–H and O–H groups in total. The van der Waals surface area contributed by atoms with Crippen molar-refractivity contribution < 1.29 is 4.79 Å². The van der Waals surface area contributed by atoms with Gasteiger partial charge < -0.3 is 10.6 Å². The number of carbonyl (C=O) groups excluding carboxylic acids is 1. The van der Waals surface area contributed by atoms with Gasteiger partial charge in [-0.15, -0.1) is 0 Å². The lowest BCUT2D eigenvalue weighted by Crippen LogP contribution is -2.33. The summed E-state index contributed by atoms with van der Waals surface area (Å²) in [5.41, 5.74) is 5.89. The molecule has 3 nitrogen and oxygen atoms in total. The van der Waals surface area contributed by atoms with Crippen LogP contribution in [-0.4, -0.2) is 29.9 Å². The average Bonchev–Trinajstić information content (AvgIpc) is 2.63. The molecule has 0 aromatic carbocycles. The number of rotatable bonds is 2. The first-order valence-electron chi connectivity index (χ1n) is 7.09. The molecule has 1 aliphatic carbocycles. The summed E-state index contributed by atoms with van der Waals surface area (Å²) in [6.07, 6.45) is 5.25. The van der Waals surface area contributed by atoms with Crippen LogP contribution in [0, 0.1) is 17.8 Å². The number of amides is 1. The van der Waals surface area contributed by atoms with Crippen LogP contribution >= 0.6 is 0 Å². The van der Waals surface area contributed by atoms with E-state index in [2.05, 4.69) is 18.7 Å². The first kappa shape index (κ1) is 12.9. The van der Waals surface area contributed by atoms with Gasteiger partial charge in [-0.1, -0.05) is 13.8 Å². The molecule has 1 saturated heterocycles. The lowest BCUT2D eigenvalue weighted by Gasteiger charge is -2.27. The van der Waals surface area contributed by atoms with Crippen LogP contribution in [0.5, 0.6) is 0 Å². The summed E-state index contributed by atoms with van der Waals surface area (Å²) in [5, 5.41) is 0. The first-order valence-corrected chi connectivity index (χ1v) is 7.09. The molecule has 1 saturated carbocycles. The van der Waals surface area contributed by atoms with Crippen molar-refractivity contribution in [2.45, 2.75) is 52.0 Å². The Kier molecular flexibility index (Phi) is 4.08. The molecule has 2 unspecified atom stereocenters. The first-order chi connectivity index (χ1) is 8.06. The van der Waals surface area contributed by atoms with Crippen molar-refractivity contribution in [1.82, 2.24) is 4.90 Å². The van der Waals surface area contributed by atoms with Crippen LogP contribution in [0.4, 0.5) is 0 Å². The van der Waals surface area contributed by atoms with Crippen LogP contribution < -0.4 is 5.73 Å². The fourth-order valence-electron chi connectivity index (χ4n) is 3.10. The maximum atomic E-state index is 12.2. The molecule has 0 aromatic rings. The monoisotopic (exact) mass is 238 g/mol. The summed E-state index contributed by atoms with van der Waals surface area (Å²) in [6, 6.07) is 0.383. The standard InChI is InChI=1S/C14H26N2O/c1-10-8-16(9-11(10)2)14(17)7-12-3-5-13(15)6-4-12/h10-13H,3-9,15H2,1-2H3. The number of nitrogens with zero attached hydrogens (tertiary/aromatic N) is 1. The molecule has 1 amide bonds. The molecule has 17 heavy (non-hydrogen) atoms. The molecule has 2 aliphatic rings. The highest BCUT2D eigenvalue weighted by Crippen LogP contribution is 2.28. The molecule has 2 rings (SSSR count). The third-order valence-corrected chi connectivity index (χ3v) is 4.70. The van der Waals surface area contributed by atoms with Crippen LogP contribution in [0.15, 0.2) is 0 Å². The highest BCUT2D eigenvalue weighted by atomic mass is 16.2. The zero-order valence-electron chi connectivity index (χ0n) is 11.2. The summed E-state index contributed by atoms with van der Waals surface area (Å²) < 4.78 is 0. The van der Waals surface area contributed by atoms with E-state index in [0.29, 0.717) is 29.7 Å². The maximum absolute atomic E-state index is 12.2. The number of nitrogens with two attached hydrogens (primary N) is 1. The SMILES string of the molecule is CC1CN(C(=O)CC2CCC(N)CC2)CC1C. The number of carbonyl (C=O) groups is 1. The predicted molar refractivity (Wildman–Crippen MR) is 69.5 cm³/mol. The molecule has 0 spiro atoms. The summed E-state index contributed by atoms with van der Waals surface area (Å²) in [6.45, 7) is 6.42. The van der Waals surface area contributed by atoms with Gasteiger partial charge in [-0.05, 0) is 43.4 Å². The summed E-state index contributed by atoms with van der Waals surface area (Å²) >= 11 is 0. The Morgan fingerprint density at radius 3 is 2.18 bits per heavy atom. The third-order valence-electron chi connectivity index (χ3n) is 4.70. The van der Waals surface area contributed by atoms with Crippen molar-refractivity contribution in [3.8, 4) is 0 Å². The molecular formula is C14H26N2O. The van der Waals surface area contributed by atoms with Gasteiger partial charge in [-0.2, -0.15) is 0 Å². The van der Waals surface area contributed by atoms with Crippen LogP contribution in [-0.2, 0) is 4.79 Å². The normalized spacial score (nSPS) is 38.4. The second-order valence-electron chi connectivity index (χ2n) is 6.24. The minimum Gasteiger partial charge on any atom is -0.342 e. The van der Waals surface area contributed by atoms with E-state index >= 15 is 0 Å². The van der Waals surface area contributed by atoms with Gasteiger partial charge in [0, 0.05) is 25.6 Å². The fraction of sp³-hybridized carbons (Fsp3) is 0.929. The molecule has 0 aromatic heterocycles. The second-order valence-corrected chi connectivity index (χ2v) is 6.24. The minimum atomic E-state index is 0.377. The van der Waals surface area contributed by atoms with E-state index in [-0.39, 0.29) is 0 Å². The van der Waals surface area contributed by atoms with Crippen molar-refractivity contribution in [2.24, 2.45) is 23.5 Å². The van der Waals surface area contributed by atoms with E-state index < -0.39 is 0 Å². The quantitative estimate of drug-likeness (QED) is 0.800. The maximum Gasteiger partial charge on any atom is 0.222 e. The Bertz CT molecular complexity index is 261. The van der Waals surface area contributed by atoms with Crippen LogP contribution in [0.2, 0.25) is 0 Å². The molecular weight excluding hydrogens is 212 g/mol. The van der Waals surface area contributed by atoms with Gasteiger partial charge in [0.2, 0.25) is 5.91 Å². The van der Waals surface area contributed by atoms with E-state index in [1.54, 1.807) is 0 Å². The molecule has 0 radical (unpaired) electrons. The van der Waals surface area contributed by atoms with Gasteiger partial charge >= 0.3 is 0 Å². The van der Waals surface area contributed by atoms with E-state index in [0.717, 1.165) is 45.2 Å². The van der Waals surface area contributed by atoms with Crippen molar-refractivity contribution in [3.63, 3.8) is 0 Å².